The number of para-hydroxylation sites is 1. The summed E-state index contributed by atoms with van der Waals surface area (Å²) in [6.07, 6.45) is 0.701. The molecule has 0 N–H and O–H groups in total. The Morgan fingerprint density at radius 1 is 1.00 bits per heavy atom. The number of hydrogen-bond acceptors (Lipinski definition) is 5. The monoisotopic (exact) mass is 258 g/mol. The van der Waals surface area contributed by atoms with Gasteiger partial charge in [-0.05, 0) is 12.1 Å². The standard InChI is InChI=1S/C10H7O2.ClHO4/c11-7-9-6-5-8-3-1-2-4-10(8)12-9;2-1(3,4)5/h1-7H;(H,2,3,4,5)/q+1;/p-1. The summed E-state index contributed by atoms with van der Waals surface area (Å²) in [5.74, 6) is 0.355. The van der Waals surface area contributed by atoms with Crippen LogP contribution in [-0.4, -0.2) is 6.29 Å². The Hall–Kier alpha value is -1.57. The minimum Gasteiger partial charge on any atom is -0.288 e. The number of benzene rings is 1. The molecule has 0 aliphatic carbocycles. The van der Waals surface area contributed by atoms with Gasteiger partial charge in [-0.1, -0.05) is 12.1 Å². The zero-order valence-corrected chi connectivity index (χ0v) is 9.12. The summed E-state index contributed by atoms with van der Waals surface area (Å²) in [6.45, 7) is 0. The lowest BCUT2D eigenvalue weighted by Gasteiger charge is -2.17. The predicted molar refractivity (Wildman–Crippen MR) is 46.0 cm³/mol. The van der Waals surface area contributed by atoms with E-state index in [-0.39, 0.29) is 0 Å². The molecule has 0 aliphatic rings. The van der Waals surface area contributed by atoms with Crippen LogP contribution in [0, 0.1) is 10.2 Å². The molecule has 0 spiro atoms. The van der Waals surface area contributed by atoms with Gasteiger partial charge in [-0.25, -0.2) is 23.1 Å². The molecule has 0 aliphatic heterocycles. The molecule has 17 heavy (non-hydrogen) atoms. The van der Waals surface area contributed by atoms with E-state index in [0.717, 1.165) is 11.0 Å². The average Bonchev–Trinajstić information content (AvgIpc) is 2.26. The highest BCUT2D eigenvalue weighted by atomic mass is 35.7. The summed E-state index contributed by atoms with van der Waals surface area (Å²) < 4.78 is 39.2. The van der Waals surface area contributed by atoms with E-state index in [1.54, 1.807) is 6.07 Å². The van der Waals surface area contributed by atoms with E-state index < -0.39 is 10.2 Å². The van der Waals surface area contributed by atoms with Gasteiger partial charge in [0.1, 0.15) is 0 Å². The molecular formula is C10H7ClO6. The Labute approximate surface area is 98.1 Å². The number of carbonyl (C=O) groups is 1. The Bertz CT molecular complexity index is 501. The lowest BCUT2D eigenvalue weighted by molar-refractivity contribution is -2.00. The van der Waals surface area contributed by atoms with E-state index in [0.29, 0.717) is 12.0 Å². The molecule has 6 nitrogen and oxygen atoms in total. The summed E-state index contributed by atoms with van der Waals surface area (Å²) in [7, 11) is -4.94. The van der Waals surface area contributed by atoms with E-state index in [9.17, 15) is 4.79 Å². The van der Waals surface area contributed by atoms with Crippen LogP contribution < -0.4 is 18.6 Å². The smallest absolute Gasteiger partial charge is 0.288 e. The maximum Gasteiger partial charge on any atom is 0.392 e. The topological polar surface area (TPSA) is 121 Å². The Morgan fingerprint density at radius 2 is 1.59 bits per heavy atom. The molecule has 0 saturated heterocycles. The molecule has 0 unspecified atom stereocenters. The van der Waals surface area contributed by atoms with Crippen LogP contribution >= 0.6 is 0 Å². The fraction of sp³-hybridized carbons (Fsp3) is 0. The van der Waals surface area contributed by atoms with Crippen molar-refractivity contribution in [2.24, 2.45) is 0 Å². The number of hydrogen-bond donors (Lipinski definition) is 0. The van der Waals surface area contributed by atoms with Gasteiger partial charge in [0.25, 0.3) is 0 Å². The third-order valence-corrected chi connectivity index (χ3v) is 1.69. The summed E-state index contributed by atoms with van der Waals surface area (Å²) in [4.78, 5) is 10.4. The number of halogens is 1. The molecule has 0 saturated carbocycles. The molecule has 1 heterocycles. The second-order valence-electron chi connectivity index (χ2n) is 2.87. The number of rotatable bonds is 1. The van der Waals surface area contributed by atoms with Crippen LogP contribution in [0.5, 0.6) is 0 Å². The third-order valence-electron chi connectivity index (χ3n) is 1.69. The maximum absolute atomic E-state index is 10.4. The van der Waals surface area contributed by atoms with Crippen molar-refractivity contribution < 1.29 is 38.1 Å². The van der Waals surface area contributed by atoms with Crippen LogP contribution in [0.1, 0.15) is 10.6 Å². The van der Waals surface area contributed by atoms with Crippen molar-refractivity contribution in [1.82, 2.24) is 0 Å². The summed E-state index contributed by atoms with van der Waals surface area (Å²) in [6, 6.07) is 11.1. The minimum absolute atomic E-state index is 0.355. The number of fused-ring (bicyclic) bond motifs is 1. The van der Waals surface area contributed by atoms with Crippen LogP contribution in [0.2, 0.25) is 0 Å². The molecule has 0 fully saturated rings. The molecule has 0 atom stereocenters. The molecule has 7 heteroatoms. The first-order chi connectivity index (χ1) is 7.90. The van der Waals surface area contributed by atoms with Crippen molar-refractivity contribution in [1.29, 1.82) is 0 Å². The van der Waals surface area contributed by atoms with E-state index in [1.165, 1.54) is 0 Å². The van der Waals surface area contributed by atoms with E-state index in [2.05, 4.69) is 0 Å². The van der Waals surface area contributed by atoms with Crippen LogP contribution in [-0.2, 0) is 0 Å². The molecule has 1 aromatic heterocycles. The second-order valence-corrected chi connectivity index (χ2v) is 3.63. The zero-order valence-electron chi connectivity index (χ0n) is 8.37. The molecule has 2 aromatic rings. The Morgan fingerprint density at radius 3 is 2.18 bits per heavy atom. The van der Waals surface area contributed by atoms with Gasteiger partial charge in [-0.15, -0.1) is 10.2 Å². The van der Waals surface area contributed by atoms with Crippen LogP contribution in [0.25, 0.3) is 11.0 Å². The summed E-state index contributed by atoms with van der Waals surface area (Å²) in [5.41, 5.74) is 0.738. The molecule has 0 amide bonds. The van der Waals surface area contributed by atoms with E-state index >= 15 is 0 Å². The Balaban J connectivity index is 0.000000249. The molecular weight excluding hydrogens is 252 g/mol. The average molecular weight is 259 g/mol. The quantitative estimate of drug-likeness (QED) is 0.422. The normalized spacial score (nSPS) is 10.6. The molecule has 2 rings (SSSR count). The summed E-state index contributed by atoms with van der Waals surface area (Å²) >= 11 is 0. The van der Waals surface area contributed by atoms with Crippen molar-refractivity contribution in [3.63, 3.8) is 0 Å². The van der Waals surface area contributed by atoms with Crippen molar-refractivity contribution in [2.75, 3.05) is 0 Å². The first-order valence-electron chi connectivity index (χ1n) is 4.29. The van der Waals surface area contributed by atoms with E-state index in [4.69, 9.17) is 23.1 Å². The van der Waals surface area contributed by atoms with Crippen molar-refractivity contribution in [2.45, 2.75) is 0 Å². The van der Waals surface area contributed by atoms with Gasteiger partial charge in [0, 0.05) is 12.1 Å². The van der Waals surface area contributed by atoms with Gasteiger partial charge in [0.2, 0.25) is 6.29 Å². The Kier molecular flexibility index (Phi) is 4.50. The molecule has 90 valence electrons. The third kappa shape index (κ3) is 5.34. The van der Waals surface area contributed by atoms with Crippen LogP contribution in [0.15, 0.2) is 40.8 Å². The van der Waals surface area contributed by atoms with Gasteiger partial charge in [0.05, 0.1) is 5.39 Å². The molecule has 1 aromatic carbocycles. The van der Waals surface area contributed by atoms with Crippen LogP contribution in [0.4, 0.5) is 0 Å². The first-order valence-corrected chi connectivity index (χ1v) is 5.52. The van der Waals surface area contributed by atoms with Gasteiger partial charge < -0.3 is 0 Å². The highest BCUT2D eigenvalue weighted by Crippen LogP contribution is 2.14. The number of aldehydes is 1. The highest BCUT2D eigenvalue weighted by molar-refractivity contribution is 5.80. The second kappa shape index (κ2) is 5.67. The largest absolute Gasteiger partial charge is 0.392 e. The van der Waals surface area contributed by atoms with Gasteiger partial charge in [-0.2, -0.15) is 0 Å². The van der Waals surface area contributed by atoms with Crippen molar-refractivity contribution in [3.8, 4) is 0 Å². The maximum atomic E-state index is 10.4. The zero-order chi connectivity index (χ0) is 12.9. The predicted octanol–water partition coefficient (Wildman–Crippen LogP) is -2.23. The van der Waals surface area contributed by atoms with Crippen molar-refractivity contribution >= 4 is 17.3 Å². The lowest BCUT2D eigenvalue weighted by Crippen LogP contribution is -2.68. The fourth-order valence-electron chi connectivity index (χ4n) is 1.11. The van der Waals surface area contributed by atoms with Gasteiger partial charge in [-0.3, -0.25) is 4.79 Å². The molecule has 0 bridgehead atoms. The van der Waals surface area contributed by atoms with E-state index in [1.807, 2.05) is 30.3 Å². The van der Waals surface area contributed by atoms with Crippen LogP contribution in [0.3, 0.4) is 0 Å². The number of carbonyl (C=O) groups excluding carboxylic acids is 1. The highest BCUT2D eigenvalue weighted by Gasteiger charge is 2.08. The fourth-order valence-corrected chi connectivity index (χ4v) is 1.11. The van der Waals surface area contributed by atoms with Gasteiger partial charge >= 0.3 is 11.3 Å². The molecule has 0 radical (unpaired) electrons. The van der Waals surface area contributed by atoms with Crippen molar-refractivity contribution in [3.05, 3.63) is 42.2 Å². The lowest BCUT2D eigenvalue weighted by atomic mass is 10.2. The minimum atomic E-state index is -4.94. The van der Waals surface area contributed by atoms with Gasteiger partial charge in [0.15, 0.2) is 0 Å². The summed E-state index contributed by atoms with van der Waals surface area (Å²) in [5, 5.41) is 1.00. The first kappa shape index (κ1) is 13.5. The SMILES string of the molecule is O=Cc1ccc2ccccc2[o+]1.[O-][Cl+3]([O-])([O-])[O-].